The van der Waals surface area contributed by atoms with Gasteiger partial charge < -0.3 is 15.5 Å². The Balaban J connectivity index is 2.05. The number of benzene rings is 2. The van der Waals surface area contributed by atoms with Gasteiger partial charge in [-0.25, -0.2) is 4.39 Å². The number of carbonyl (C=O) groups excluding carboxylic acids is 2. The summed E-state index contributed by atoms with van der Waals surface area (Å²) in [5.41, 5.74) is 8.06. The zero-order valence-electron chi connectivity index (χ0n) is 13.3. The van der Waals surface area contributed by atoms with Crippen molar-refractivity contribution in [1.29, 1.82) is 0 Å². The Morgan fingerprint density at radius 1 is 1.17 bits per heavy atom. The summed E-state index contributed by atoms with van der Waals surface area (Å²) >= 11 is 0. The second kappa shape index (κ2) is 6.41. The highest BCUT2D eigenvalue weighted by molar-refractivity contribution is 6.06. The van der Waals surface area contributed by atoms with E-state index in [9.17, 15) is 14.0 Å². The number of fused-ring (bicyclic) bond motifs is 1. The first-order valence-electron chi connectivity index (χ1n) is 7.66. The molecule has 0 unspecified atom stereocenters. The summed E-state index contributed by atoms with van der Waals surface area (Å²) in [4.78, 5) is 27.8. The van der Waals surface area contributed by atoms with E-state index in [2.05, 4.69) is 0 Å². The van der Waals surface area contributed by atoms with E-state index in [0.29, 0.717) is 11.4 Å². The van der Waals surface area contributed by atoms with Gasteiger partial charge in [0.15, 0.2) is 0 Å². The molecule has 2 aromatic carbocycles. The smallest absolute Gasteiger partial charge is 0.246 e. The van der Waals surface area contributed by atoms with Crippen LogP contribution in [0.25, 0.3) is 0 Å². The van der Waals surface area contributed by atoms with Gasteiger partial charge in [0.1, 0.15) is 11.9 Å². The Kier molecular flexibility index (Phi) is 4.31. The molecule has 0 spiro atoms. The SMILES string of the molecule is CC(=O)N1C[C@H](N)C(=O)N(Cc2ccc(F)cc2)c2ccccc21. The zero-order valence-corrected chi connectivity index (χ0v) is 13.3. The van der Waals surface area contributed by atoms with Crippen LogP contribution in [0.2, 0.25) is 0 Å². The number of rotatable bonds is 2. The van der Waals surface area contributed by atoms with E-state index < -0.39 is 6.04 Å². The molecule has 0 bridgehead atoms. The third kappa shape index (κ3) is 3.00. The standard InChI is InChI=1S/C18H18FN3O2/c1-12(23)21-11-15(20)18(24)22(17-5-3-2-4-16(17)21)10-13-6-8-14(19)9-7-13/h2-9,15H,10-11,20H2,1H3/t15-/m0/s1. The van der Waals surface area contributed by atoms with Crippen molar-refractivity contribution in [3.05, 3.63) is 59.9 Å². The summed E-state index contributed by atoms with van der Waals surface area (Å²) in [6, 6.07) is 12.3. The maximum absolute atomic E-state index is 13.1. The number of carbonyl (C=O) groups is 2. The average Bonchev–Trinajstić information content (AvgIpc) is 2.67. The van der Waals surface area contributed by atoms with E-state index in [4.69, 9.17) is 5.73 Å². The Morgan fingerprint density at radius 3 is 2.42 bits per heavy atom. The molecule has 5 nitrogen and oxygen atoms in total. The molecular formula is C18H18FN3O2. The van der Waals surface area contributed by atoms with Gasteiger partial charge >= 0.3 is 0 Å². The van der Waals surface area contributed by atoms with Gasteiger partial charge in [-0.3, -0.25) is 9.59 Å². The molecule has 0 saturated carbocycles. The largest absolute Gasteiger partial charge is 0.318 e. The van der Waals surface area contributed by atoms with Crippen molar-refractivity contribution in [1.82, 2.24) is 0 Å². The van der Waals surface area contributed by atoms with Crippen LogP contribution in [0, 0.1) is 5.82 Å². The Hall–Kier alpha value is -2.73. The molecule has 2 amide bonds. The number of amides is 2. The number of halogens is 1. The summed E-state index contributed by atoms with van der Waals surface area (Å²) in [5, 5.41) is 0. The van der Waals surface area contributed by atoms with E-state index in [-0.39, 0.29) is 30.7 Å². The maximum atomic E-state index is 13.1. The van der Waals surface area contributed by atoms with E-state index in [1.54, 1.807) is 35.2 Å². The van der Waals surface area contributed by atoms with Crippen LogP contribution in [-0.2, 0) is 16.1 Å². The van der Waals surface area contributed by atoms with Gasteiger partial charge in [-0.05, 0) is 29.8 Å². The molecule has 24 heavy (non-hydrogen) atoms. The lowest BCUT2D eigenvalue weighted by atomic mass is 10.1. The van der Waals surface area contributed by atoms with Crippen LogP contribution in [0.3, 0.4) is 0 Å². The zero-order chi connectivity index (χ0) is 17.3. The van der Waals surface area contributed by atoms with Gasteiger partial charge in [-0.1, -0.05) is 24.3 Å². The lowest BCUT2D eigenvalue weighted by molar-refractivity contribution is -0.119. The minimum Gasteiger partial charge on any atom is -0.318 e. The first kappa shape index (κ1) is 16.1. The minimum atomic E-state index is -0.818. The van der Waals surface area contributed by atoms with Gasteiger partial charge in [-0.2, -0.15) is 0 Å². The van der Waals surface area contributed by atoms with Crippen LogP contribution in [0.4, 0.5) is 15.8 Å². The number of hydrogen-bond donors (Lipinski definition) is 1. The van der Waals surface area contributed by atoms with Crippen molar-refractivity contribution < 1.29 is 14.0 Å². The number of nitrogens with two attached hydrogens (primary N) is 1. The van der Waals surface area contributed by atoms with Crippen LogP contribution >= 0.6 is 0 Å². The summed E-state index contributed by atoms with van der Waals surface area (Å²) in [6.45, 7) is 1.84. The molecule has 6 heteroatoms. The van der Waals surface area contributed by atoms with Crippen LogP contribution < -0.4 is 15.5 Å². The Morgan fingerprint density at radius 2 is 1.79 bits per heavy atom. The monoisotopic (exact) mass is 327 g/mol. The van der Waals surface area contributed by atoms with Gasteiger partial charge in [0, 0.05) is 6.92 Å². The van der Waals surface area contributed by atoms with Gasteiger partial charge in [-0.15, -0.1) is 0 Å². The highest BCUT2D eigenvalue weighted by Gasteiger charge is 2.32. The highest BCUT2D eigenvalue weighted by Crippen LogP contribution is 2.33. The Bertz CT molecular complexity index is 776. The topological polar surface area (TPSA) is 66.6 Å². The fourth-order valence-electron chi connectivity index (χ4n) is 2.85. The van der Waals surface area contributed by atoms with Crippen molar-refractivity contribution in [2.75, 3.05) is 16.3 Å². The highest BCUT2D eigenvalue weighted by atomic mass is 19.1. The van der Waals surface area contributed by atoms with Crippen molar-refractivity contribution in [3.63, 3.8) is 0 Å². The van der Waals surface area contributed by atoms with Crippen LogP contribution in [0.5, 0.6) is 0 Å². The lowest BCUT2D eigenvalue weighted by Gasteiger charge is -2.25. The quantitative estimate of drug-likeness (QED) is 0.918. The lowest BCUT2D eigenvalue weighted by Crippen LogP contribution is -2.47. The molecular weight excluding hydrogens is 309 g/mol. The fourth-order valence-corrected chi connectivity index (χ4v) is 2.85. The summed E-state index contributed by atoms with van der Waals surface area (Å²) in [6.07, 6.45) is 0. The second-order valence-electron chi connectivity index (χ2n) is 5.78. The van der Waals surface area contributed by atoms with Crippen LogP contribution in [0.15, 0.2) is 48.5 Å². The molecule has 0 saturated heterocycles. The normalized spacial score (nSPS) is 17.5. The van der Waals surface area contributed by atoms with Crippen molar-refractivity contribution in [2.24, 2.45) is 5.73 Å². The van der Waals surface area contributed by atoms with E-state index >= 15 is 0 Å². The summed E-state index contributed by atoms with van der Waals surface area (Å²) in [5.74, 6) is -0.773. The van der Waals surface area contributed by atoms with Crippen molar-refractivity contribution in [2.45, 2.75) is 19.5 Å². The number of nitrogens with zero attached hydrogens (tertiary/aromatic N) is 2. The van der Waals surface area contributed by atoms with Crippen LogP contribution in [0.1, 0.15) is 12.5 Å². The molecule has 0 aromatic heterocycles. The first-order chi connectivity index (χ1) is 11.5. The third-order valence-corrected chi connectivity index (χ3v) is 4.06. The van der Waals surface area contributed by atoms with Crippen molar-refractivity contribution >= 4 is 23.2 Å². The molecule has 0 radical (unpaired) electrons. The maximum Gasteiger partial charge on any atom is 0.246 e. The molecule has 124 valence electrons. The second-order valence-corrected chi connectivity index (χ2v) is 5.78. The molecule has 1 heterocycles. The molecule has 2 aromatic rings. The van der Waals surface area contributed by atoms with E-state index in [1.165, 1.54) is 24.0 Å². The average molecular weight is 327 g/mol. The predicted molar refractivity (Wildman–Crippen MR) is 90.0 cm³/mol. The summed E-state index contributed by atoms with van der Waals surface area (Å²) < 4.78 is 13.1. The molecule has 1 aliphatic heterocycles. The van der Waals surface area contributed by atoms with Gasteiger partial charge in [0.05, 0.1) is 24.5 Å². The molecule has 1 atom stereocenters. The number of hydrogen-bond acceptors (Lipinski definition) is 3. The van der Waals surface area contributed by atoms with Crippen molar-refractivity contribution in [3.8, 4) is 0 Å². The molecule has 0 aliphatic carbocycles. The fraction of sp³-hybridized carbons (Fsp3) is 0.222. The first-order valence-corrected chi connectivity index (χ1v) is 7.66. The molecule has 3 rings (SSSR count). The molecule has 0 fully saturated rings. The molecule has 2 N–H and O–H groups in total. The number of anilines is 2. The summed E-state index contributed by atoms with van der Waals surface area (Å²) in [7, 11) is 0. The Labute approximate surface area is 139 Å². The van der Waals surface area contributed by atoms with Gasteiger partial charge in [0.25, 0.3) is 0 Å². The minimum absolute atomic E-state index is 0.130. The van der Waals surface area contributed by atoms with E-state index in [0.717, 1.165) is 5.56 Å². The third-order valence-electron chi connectivity index (χ3n) is 4.06. The van der Waals surface area contributed by atoms with Crippen LogP contribution in [-0.4, -0.2) is 24.4 Å². The van der Waals surface area contributed by atoms with Gasteiger partial charge in [0.2, 0.25) is 11.8 Å². The van der Waals surface area contributed by atoms with E-state index in [1.807, 2.05) is 6.07 Å². The molecule has 1 aliphatic rings. The number of para-hydroxylation sites is 2. The predicted octanol–water partition coefficient (Wildman–Crippen LogP) is 2.05.